The molecule has 8 nitrogen and oxygen atoms in total. The van der Waals surface area contributed by atoms with Crippen molar-refractivity contribution in [3.05, 3.63) is 121 Å². The number of allylic oxidation sites excluding steroid dienone is 3. The second-order valence-corrected chi connectivity index (χ2v) is 12.1. The molecule has 42 heavy (non-hydrogen) atoms. The number of non-ortho nitro benzene ring substituents is 1. The number of nitrogens with two attached hydrogens (primary N) is 1. The summed E-state index contributed by atoms with van der Waals surface area (Å²) in [5.74, 6) is 0.0790. The lowest BCUT2D eigenvalue weighted by atomic mass is 9.68. The first kappa shape index (κ1) is 28.9. The van der Waals surface area contributed by atoms with Crippen LogP contribution in [-0.2, 0) is 11.4 Å². The predicted molar refractivity (Wildman–Crippen MR) is 162 cm³/mol. The monoisotopic (exact) mass is 582 g/mol. The van der Waals surface area contributed by atoms with Crippen molar-refractivity contribution in [2.24, 2.45) is 11.1 Å². The van der Waals surface area contributed by atoms with Gasteiger partial charge >= 0.3 is 0 Å². The van der Waals surface area contributed by atoms with Crippen molar-refractivity contribution >= 4 is 28.8 Å². The van der Waals surface area contributed by atoms with Gasteiger partial charge in [-0.15, -0.1) is 0 Å². The average Bonchev–Trinajstić information content (AvgIpc) is 2.93. The number of nitro groups is 1. The SMILES string of the molecule is Cc1cc(COc2ccc(Cl)cc2)c(C)c(C2C(C#N)=C(N)N(c3cccc([N+](=O)[O-])c3)C3=C2C(=O)CC(C)(C)C3)c1. The summed E-state index contributed by atoms with van der Waals surface area (Å²) in [4.78, 5) is 26.7. The maximum atomic E-state index is 14.0. The number of carbonyl (C=O) groups excluding carboxylic acids is 1. The molecule has 0 amide bonds. The predicted octanol–water partition coefficient (Wildman–Crippen LogP) is 7.38. The van der Waals surface area contributed by atoms with Crippen molar-refractivity contribution < 1.29 is 14.5 Å². The number of nitro benzene ring substituents is 1. The number of halogens is 1. The Kier molecular flexibility index (Phi) is 7.56. The van der Waals surface area contributed by atoms with Gasteiger partial charge in [0.1, 0.15) is 18.2 Å². The lowest BCUT2D eigenvalue weighted by Crippen LogP contribution is -2.42. The van der Waals surface area contributed by atoms with Gasteiger partial charge in [0.2, 0.25) is 0 Å². The molecule has 1 atom stereocenters. The third-order valence-electron chi connectivity index (χ3n) is 7.90. The van der Waals surface area contributed by atoms with E-state index in [1.54, 1.807) is 41.3 Å². The second kappa shape index (κ2) is 11.0. The maximum absolute atomic E-state index is 14.0. The molecule has 0 aromatic heterocycles. The third-order valence-corrected chi connectivity index (χ3v) is 8.15. The van der Waals surface area contributed by atoms with Crippen LogP contribution >= 0.6 is 11.6 Å². The van der Waals surface area contributed by atoms with Crippen LogP contribution < -0.4 is 15.4 Å². The molecule has 3 aromatic carbocycles. The van der Waals surface area contributed by atoms with Crippen molar-refractivity contribution in [2.75, 3.05) is 4.90 Å². The molecule has 0 saturated heterocycles. The Morgan fingerprint density at radius 1 is 1.14 bits per heavy atom. The molecule has 2 aliphatic rings. The summed E-state index contributed by atoms with van der Waals surface area (Å²) >= 11 is 6.02. The van der Waals surface area contributed by atoms with Crippen LogP contribution in [0.2, 0.25) is 5.02 Å². The zero-order chi connectivity index (χ0) is 30.3. The largest absolute Gasteiger partial charge is 0.489 e. The Labute approximate surface area is 249 Å². The molecule has 214 valence electrons. The molecule has 1 unspecified atom stereocenters. The van der Waals surface area contributed by atoms with Crippen LogP contribution in [-0.4, -0.2) is 10.7 Å². The number of anilines is 1. The van der Waals surface area contributed by atoms with Gasteiger partial charge in [0, 0.05) is 34.8 Å². The van der Waals surface area contributed by atoms with Crippen LogP contribution in [0, 0.1) is 40.7 Å². The van der Waals surface area contributed by atoms with Crippen LogP contribution in [0.15, 0.2) is 83.3 Å². The number of benzene rings is 3. The Bertz CT molecular complexity index is 1720. The fraction of sp³-hybridized carbons (Fsp3) is 0.273. The van der Waals surface area contributed by atoms with Crippen LogP contribution in [0.5, 0.6) is 5.75 Å². The molecule has 3 aromatic rings. The van der Waals surface area contributed by atoms with Gasteiger partial charge in [-0.05, 0) is 72.7 Å². The van der Waals surface area contributed by atoms with Crippen molar-refractivity contribution in [2.45, 2.75) is 53.1 Å². The first-order chi connectivity index (χ1) is 19.9. The van der Waals surface area contributed by atoms with Gasteiger partial charge < -0.3 is 10.5 Å². The molecule has 0 saturated carbocycles. The molecule has 0 radical (unpaired) electrons. The minimum Gasteiger partial charge on any atom is -0.489 e. The number of ether oxygens (including phenoxy) is 1. The van der Waals surface area contributed by atoms with E-state index < -0.39 is 10.8 Å². The summed E-state index contributed by atoms with van der Waals surface area (Å²) in [6, 6.07) is 19.5. The molecule has 1 aliphatic heterocycles. The van der Waals surface area contributed by atoms with E-state index in [0.29, 0.717) is 40.6 Å². The third kappa shape index (κ3) is 5.36. The van der Waals surface area contributed by atoms with Gasteiger partial charge in [0.25, 0.3) is 5.69 Å². The maximum Gasteiger partial charge on any atom is 0.271 e. The zero-order valence-electron chi connectivity index (χ0n) is 23.9. The van der Waals surface area contributed by atoms with E-state index in [4.69, 9.17) is 22.1 Å². The molecule has 1 aliphatic carbocycles. The molecular formula is C33H31ClN4O4. The van der Waals surface area contributed by atoms with Crippen molar-refractivity contribution in [3.8, 4) is 11.8 Å². The first-order valence-electron chi connectivity index (χ1n) is 13.6. The Morgan fingerprint density at radius 3 is 2.52 bits per heavy atom. The topological polar surface area (TPSA) is 122 Å². The number of Topliss-reactive ketones (excluding diaryl/α,β-unsaturated/α-hetero) is 1. The van der Waals surface area contributed by atoms with E-state index in [-0.39, 0.29) is 34.9 Å². The highest BCUT2D eigenvalue weighted by molar-refractivity contribution is 6.30. The minimum atomic E-state index is -0.683. The highest BCUT2D eigenvalue weighted by atomic mass is 35.5. The number of aryl methyl sites for hydroxylation is 1. The minimum absolute atomic E-state index is 0.0678. The molecule has 9 heteroatoms. The summed E-state index contributed by atoms with van der Waals surface area (Å²) < 4.78 is 6.06. The van der Waals surface area contributed by atoms with Crippen LogP contribution in [0.25, 0.3) is 0 Å². The van der Waals surface area contributed by atoms with E-state index in [0.717, 1.165) is 22.3 Å². The van der Waals surface area contributed by atoms with E-state index in [9.17, 15) is 20.2 Å². The highest BCUT2D eigenvalue weighted by Gasteiger charge is 2.45. The molecule has 0 bridgehead atoms. The van der Waals surface area contributed by atoms with E-state index in [2.05, 4.69) is 6.07 Å². The second-order valence-electron chi connectivity index (χ2n) is 11.6. The van der Waals surface area contributed by atoms with E-state index >= 15 is 0 Å². The number of hydrogen-bond acceptors (Lipinski definition) is 7. The standard InChI is InChI=1S/C33H31ClN4O4/c1-19-12-21(18-42-25-10-8-22(34)9-11-25)20(2)26(13-19)30-27(17-35)32(36)37(23-6-5-7-24(14-23)38(40)41)28-15-33(3,4)16-29(39)31(28)30/h5-14,30H,15-16,18,36H2,1-4H3. The number of nitriles is 1. The normalized spacial score (nSPS) is 18.0. The Hall–Kier alpha value is -4.61. The highest BCUT2D eigenvalue weighted by Crippen LogP contribution is 2.51. The lowest BCUT2D eigenvalue weighted by Gasteiger charge is -2.44. The summed E-state index contributed by atoms with van der Waals surface area (Å²) in [6.07, 6.45) is 0.811. The smallest absolute Gasteiger partial charge is 0.271 e. The summed E-state index contributed by atoms with van der Waals surface area (Å²) in [7, 11) is 0. The van der Waals surface area contributed by atoms with Gasteiger partial charge in [0.15, 0.2) is 5.78 Å². The van der Waals surface area contributed by atoms with Crippen LogP contribution in [0.4, 0.5) is 11.4 Å². The lowest BCUT2D eigenvalue weighted by molar-refractivity contribution is -0.384. The summed E-state index contributed by atoms with van der Waals surface area (Å²) in [6.45, 7) is 8.24. The van der Waals surface area contributed by atoms with E-state index in [1.807, 2.05) is 39.8 Å². The summed E-state index contributed by atoms with van der Waals surface area (Å²) in [5.41, 5.74) is 11.7. The number of ketones is 1. The fourth-order valence-electron chi connectivity index (χ4n) is 5.97. The van der Waals surface area contributed by atoms with Gasteiger partial charge in [-0.25, -0.2) is 0 Å². The molecule has 0 spiro atoms. The Balaban J connectivity index is 1.67. The molecule has 0 fully saturated rings. The van der Waals surface area contributed by atoms with Crippen LogP contribution in [0.1, 0.15) is 54.9 Å². The molecule has 2 N–H and O–H groups in total. The first-order valence-corrected chi connectivity index (χ1v) is 14.0. The van der Waals surface area contributed by atoms with Gasteiger partial charge in [-0.2, -0.15) is 5.26 Å². The molecule has 5 rings (SSSR count). The van der Waals surface area contributed by atoms with Crippen molar-refractivity contribution in [1.82, 2.24) is 0 Å². The fourth-order valence-corrected chi connectivity index (χ4v) is 6.09. The van der Waals surface area contributed by atoms with Crippen molar-refractivity contribution in [3.63, 3.8) is 0 Å². The van der Waals surface area contributed by atoms with Gasteiger partial charge in [0.05, 0.1) is 28.2 Å². The van der Waals surface area contributed by atoms with Crippen molar-refractivity contribution in [1.29, 1.82) is 5.26 Å². The quantitative estimate of drug-likeness (QED) is 0.237. The van der Waals surface area contributed by atoms with Gasteiger partial charge in [-0.1, -0.05) is 49.2 Å². The van der Waals surface area contributed by atoms with Crippen LogP contribution in [0.3, 0.4) is 0 Å². The number of nitrogens with zero attached hydrogens (tertiary/aromatic N) is 3. The number of carbonyl (C=O) groups is 1. The average molecular weight is 583 g/mol. The zero-order valence-corrected chi connectivity index (χ0v) is 24.7. The van der Waals surface area contributed by atoms with Gasteiger partial charge in [-0.3, -0.25) is 19.8 Å². The number of rotatable bonds is 6. The van der Waals surface area contributed by atoms with E-state index in [1.165, 1.54) is 12.1 Å². The summed E-state index contributed by atoms with van der Waals surface area (Å²) in [5, 5.41) is 22.7. The molecular weight excluding hydrogens is 552 g/mol. The Morgan fingerprint density at radius 2 is 1.86 bits per heavy atom. The number of hydrogen-bond donors (Lipinski definition) is 1. The molecule has 1 heterocycles.